The minimum absolute atomic E-state index is 0.0184. The molecule has 4 rings (SSSR count). The number of piperidine rings is 2. The zero-order chi connectivity index (χ0) is 27.9. The van der Waals surface area contributed by atoms with Crippen molar-refractivity contribution in [3.05, 3.63) is 69.7 Å². The monoisotopic (exact) mass is 572 g/mol. The molecule has 39 heavy (non-hydrogen) atoms. The predicted molar refractivity (Wildman–Crippen MR) is 160 cm³/mol. The van der Waals surface area contributed by atoms with Crippen LogP contribution in [-0.4, -0.2) is 97.4 Å². The van der Waals surface area contributed by atoms with Gasteiger partial charge >= 0.3 is 0 Å². The van der Waals surface area contributed by atoms with E-state index in [1.165, 1.54) is 6.42 Å². The summed E-state index contributed by atoms with van der Waals surface area (Å²) in [6, 6.07) is 15.7. The number of nitrogens with zero attached hydrogens (tertiary/aromatic N) is 4. The normalized spacial score (nSPS) is 20.0. The first-order chi connectivity index (χ1) is 18.7. The highest BCUT2D eigenvalue weighted by molar-refractivity contribution is 6.42. The van der Waals surface area contributed by atoms with Gasteiger partial charge in [0, 0.05) is 45.2 Å². The maximum atomic E-state index is 13.1. The summed E-state index contributed by atoms with van der Waals surface area (Å²) in [5, 5.41) is 1.08. The Balaban J connectivity index is 1.38. The molecule has 2 aromatic carbocycles. The third-order valence-corrected chi connectivity index (χ3v) is 9.11. The van der Waals surface area contributed by atoms with Gasteiger partial charge in [0.1, 0.15) is 0 Å². The molecule has 212 valence electrons. The molecule has 0 unspecified atom stereocenters. The quantitative estimate of drug-likeness (QED) is 0.389. The van der Waals surface area contributed by atoms with Crippen molar-refractivity contribution in [3.63, 3.8) is 0 Å². The highest BCUT2D eigenvalue weighted by atomic mass is 35.5. The van der Waals surface area contributed by atoms with Gasteiger partial charge in [0.2, 0.25) is 5.91 Å². The molecule has 0 saturated carbocycles. The molecule has 0 radical (unpaired) electrons. The van der Waals surface area contributed by atoms with E-state index in [2.05, 4.69) is 9.80 Å². The van der Waals surface area contributed by atoms with Crippen molar-refractivity contribution in [1.29, 1.82) is 0 Å². The van der Waals surface area contributed by atoms with Gasteiger partial charge in [0.05, 0.1) is 16.1 Å². The highest BCUT2D eigenvalue weighted by Crippen LogP contribution is 2.30. The Labute approximate surface area is 243 Å². The summed E-state index contributed by atoms with van der Waals surface area (Å²) in [5.41, 5.74) is 1.80. The number of halogens is 2. The van der Waals surface area contributed by atoms with E-state index < -0.39 is 0 Å². The van der Waals surface area contributed by atoms with Gasteiger partial charge in [-0.2, -0.15) is 0 Å². The van der Waals surface area contributed by atoms with Crippen molar-refractivity contribution < 1.29 is 9.59 Å². The van der Waals surface area contributed by atoms with Crippen LogP contribution in [0.4, 0.5) is 0 Å². The Hall–Kier alpha value is -2.12. The number of likely N-dealkylation sites (N-methyl/N-ethyl adjacent to an activating group) is 2. The molecule has 0 spiro atoms. The maximum absolute atomic E-state index is 13.1. The minimum Gasteiger partial charge on any atom is -0.347 e. The lowest BCUT2D eigenvalue weighted by Crippen LogP contribution is -2.55. The van der Waals surface area contributed by atoms with Gasteiger partial charge in [-0.25, -0.2) is 0 Å². The molecule has 0 bridgehead atoms. The second-order valence-electron chi connectivity index (χ2n) is 11.3. The van der Waals surface area contributed by atoms with Crippen LogP contribution in [-0.2, 0) is 4.79 Å². The van der Waals surface area contributed by atoms with Gasteiger partial charge in [-0.1, -0.05) is 53.9 Å². The number of benzene rings is 2. The molecule has 0 aliphatic carbocycles. The summed E-state index contributed by atoms with van der Waals surface area (Å²) in [6.45, 7) is 4.62. The van der Waals surface area contributed by atoms with Crippen LogP contribution in [0, 0.1) is 0 Å². The van der Waals surface area contributed by atoms with E-state index in [1.807, 2.05) is 74.6 Å². The van der Waals surface area contributed by atoms with Crippen molar-refractivity contribution in [1.82, 2.24) is 19.6 Å². The molecule has 6 nitrogen and oxygen atoms in total. The zero-order valence-corrected chi connectivity index (χ0v) is 25.0. The number of carbonyl (C=O) groups is 2. The van der Waals surface area contributed by atoms with Crippen molar-refractivity contribution in [2.45, 2.75) is 56.5 Å². The molecule has 8 heteroatoms. The Morgan fingerprint density at radius 3 is 2.31 bits per heavy atom. The van der Waals surface area contributed by atoms with Crippen LogP contribution >= 0.6 is 23.2 Å². The van der Waals surface area contributed by atoms with E-state index in [1.54, 1.807) is 4.90 Å². The fraction of sp³-hybridized carbons (Fsp3) is 0.548. The third-order valence-electron chi connectivity index (χ3n) is 8.37. The first-order valence-corrected chi connectivity index (χ1v) is 14.9. The van der Waals surface area contributed by atoms with Gasteiger partial charge in [-0.15, -0.1) is 0 Å². The van der Waals surface area contributed by atoms with Gasteiger partial charge in [-0.3, -0.25) is 14.5 Å². The Morgan fingerprint density at radius 2 is 1.64 bits per heavy atom. The number of amides is 2. The number of hydrogen-bond acceptors (Lipinski definition) is 4. The number of rotatable bonds is 9. The molecule has 2 saturated heterocycles. The first-order valence-electron chi connectivity index (χ1n) is 14.2. The maximum Gasteiger partial charge on any atom is 0.253 e. The molecule has 2 aliphatic heterocycles. The fourth-order valence-corrected chi connectivity index (χ4v) is 6.42. The standard InChI is InChI=1S/C31H42Cl2N4O2/c1-34(2)31(39)29-11-7-8-17-37(29)26-15-19-36(20-16-26)18-14-25(24-12-13-27(32)28(33)21-24)22-35(3)30(38)23-9-5-4-6-10-23/h4-6,9-10,12-13,21,25-26,29H,7-8,11,14-20,22H2,1-3H3/t25-,29-/m1/s1. The molecule has 2 fully saturated rings. The van der Waals surface area contributed by atoms with Crippen LogP contribution < -0.4 is 0 Å². The fourth-order valence-electron chi connectivity index (χ4n) is 6.11. The smallest absolute Gasteiger partial charge is 0.253 e. The van der Waals surface area contributed by atoms with Crippen molar-refractivity contribution in [2.24, 2.45) is 0 Å². The number of likely N-dealkylation sites (tertiary alicyclic amines) is 2. The predicted octanol–water partition coefficient (Wildman–Crippen LogP) is 5.65. The Morgan fingerprint density at radius 1 is 0.923 bits per heavy atom. The SMILES string of the molecule is CN(C)C(=O)[C@H]1CCCCN1C1CCN(CC[C@H](CN(C)C(=O)c2ccccc2)c2ccc(Cl)c(Cl)c2)CC1. The Kier molecular flexibility index (Phi) is 10.7. The highest BCUT2D eigenvalue weighted by Gasteiger charge is 2.35. The number of carbonyl (C=O) groups excluding carboxylic acids is 2. The summed E-state index contributed by atoms with van der Waals surface area (Å²) in [6.07, 6.45) is 6.37. The van der Waals surface area contributed by atoms with Gasteiger partial charge in [-0.05, 0) is 88.1 Å². The summed E-state index contributed by atoms with van der Waals surface area (Å²) in [4.78, 5) is 34.5. The van der Waals surface area contributed by atoms with E-state index in [9.17, 15) is 9.59 Å². The molecule has 2 atom stereocenters. The molecule has 2 aliphatic rings. The van der Waals surface area contributed by atoms with E-state index in [0.29, 0.717) is 28.2 Å². The molecule has 2 aromatic rings. The molecule has 0 N–H and O–H groups in total. The summed E-state index contributed by atoms with van der Waals surface area (Å²) < 4.78 is 0. The second-order valence-corrected chi connectivity index (χ2v) is 12.1. The van der Waals surface area contributed by atoms with Gasteiger partial charge in [0.25, 0.3) is 5.91 Å². The summed E-state index contributed by atoms with van der Waals surface area (Å²) in [7, 11) is 5.61. The van der Waals surface area contributed by atoms with Crippen molar-refractivity contribution in [2.75, 3.05) is 53.9 Å². The van der Waals surface area contributed by atoms with Crippen molar-refractivity contribution >= 4 is 35.0 Å². The largest absolute Gasteiger partial charge is 0.347 e. The van der Waals surface area contributed by atoms with E-state index >= 15 is 0 Å². The van der Waals surface area contributed by atoms with Gasteiger partial charge < -0.3 is 14.7 Å². The average molecular weight is 574 g/mol. The molecular weight excluding hydrogens is 531 g/mol. The third kappa shape index (κ3) is 7.75. The van der Waals surface area contributed by atoms with Crippen LogP contribution in [0.1, 0.15) is 60.4 Å². The topological polar surface area (TPSA) is 47.1 Å². The minimum atomic E-state index is 0.0184. The number of hydrogen-bond donors (Lipinski definition) is 0. The van der Waals surface area contributed by atoms with E-state index in [4.69, 9.17) is 23.2 Å². The molecule has 2 heterocycles. The van der Waals surface area contributed by atoms with Crippen molar-refractivity contribution in [3.8, 4) is 0 Å². The van der Waals surface area contributed by atoms with Gasteiger partial charge in [0.15, 0.2) is 0 Å². The Bertz CT molecular complexity index is 1110. The second kappa shape index (κ2) is 14.0. The molecule has 0 aromatic heterocycles. The van der Waals surface area contributed by atoms with E-state index in [0.717, 1.165) is 63.8 Å². The van der Waals surface area contributed by atoms with Crippen LogP contribution in [0.15, 0.2) is 48.5 Å². The van der Waals surface area contributed by atoms with Crippen LogP contribution in [0.3, 0.4) is 0 Å². The molecule has 2 amide bonds. The van der Waals surface area contributed by atoms with Crippen LogP contribution in [0.25, 0.3) is 0 Å². The lowest BCUT2D eigenvalue weighted by molar-refractivity contribution is -0.137. The zero-order valence-electron chi connectivity index (χ0n) is 23.5. The average Bonchev–Trinajstić information content (AvgIpc) is 2.96. The summed E-state index contributed by atoms with van der Waals surface area (Å²) in [5.74, 6) is 0.403. The summed E-state index contributed by atoms with van der Waals surface area (Å²) >= 11 is 12.6. The lowest BCUT2D eigenvalue weighted by Gasteiger charge is -2.44. The van der Waals surface area contributed by atoms with Crippen LogP contribution in [0.2, 0.25) is 10.0 Å². The molecular formula is C31H42Cl2N4O2. The van der Waals surface area contributed by atoms with E-state index in [-0.39, 0.29) is 23.8 Å². The van der Waals surface area contributed by atoms with Crippen LogP contribution in [0.5, 0.6) is 0 Å². The lowest BCUT2D eigenvalue weighted by atomic mass is 9.92. The first kappa shape index (κ1) is 29.9.